The average molecular weight is 1300 g/mol. The smallest absolute Gasteiger partial charge is 0.475 e. The van der Waals surface area contributed by atoms with Crippen molar-refractivity contribution in [2.24, 2.45) is 0 Å². The lowest BCUT2D eigenvalue weighted by atomic mass is 10.1. The highest BCUT2D eigenvalue weighted by atomic mass is 19.4. The molecule has 1 amide bonds. The minimum absolute atomic E-state index is 0.00427. The predicted octanol–water partition coefficient (Wildman–Crippen LogP) is 11.0. The number of halogens is 3. The summed E-state index contributed by atoms with van der Waals surface area (Å²) < 4.78 is 92.8. The number of carboxylic acid groups (broad SMARTS) is 1. The number of nitrogens with zero attached hydrogens (tertiary/aromatic N) is 1. The molecule has 1 atom stereocenters. The van der Waals surface area contributed by atoms with Gasteiger partial charge in [-0.3, -0.25) is 24.0 Å². The number of hydrogen-bond donors (Lipinski definition) is 3. The first-order valence-corrected chi connectivity index (χ1v) is 33.6. The highest BCUT2D eigenvalue weighted by molar-refractivity contribution is 5.81. The van der Waals surface area contributed by atoms with Gasteiger partial charge in [0.05, 0.1) is 79.2 Å². The fourth-order valence-corrected chi connectivity index (χ4v) is 8.35. The molecule has 0 bridgehead atoms. The fraction of sp³-hybridized carbons (Fsp3) is 0.848. The van der Waals surface area contributed by atoms with Crippen molar-refractivity contribution in [3.63, 3.8) is 0 Å². The Morgan fingerprint density at radius 3 is 1.33 bits per heavy atom. The summed E-state index contributed by atoms with van der Waals surface area (Å²) in [6.45, 7) is 14.1. The summed E-state index contributed by atoms with van der Waals surface area (Å²) in [7, 11) is 1.59. The van der Waals surface area contributed by atoms with E-state index < -0.39 is 24.2 Å². The van der Waals surface area contributed by atoms with E-state index in [9.17, 15) is 37.1 Å². The Hall–Kier alpha value is -4.27. The second-order valence-electron chi connectivity index (χ2n) is 21.6. The Morgan fingerprint density at radius 1 is 0.433 bits per heavy atom. The second kappa shape index (κ2) is 69.1. The molecular formula is C66H120F3N3O18. The molecule has 0 fully saturated rings. The van der Waals surface area contributed by atoms with Gasteiger partial charge in [-0.1, -0.05) is 154 Å². The summed E-state index contributed by atoms with van der Waals surface area (Å²) >= 11 is 0. The van der Waals surface area contributed by atoms with Crippen LogP contribution in [0.15, 0.2) is 24.3 Å². The molecular weight excluding hydrogens is 1180 g/mol. The van der Waals surface area contributed by atoms with Gasteiger partial charge in [0.15, 0.2) is 6.10 Å². The van der Waals surface area contributed by atoms with E-state index in [0.29, 0.717) is 118 Å². The number of hydrogen-bond acceptors (Lipinski definition) is 19. The molecule has 3 N–H and O–H groups in total. The maximum atomic E-state index is 14.3. The first-order valence-electron chi connectivity index (χ1n) is 33.6. The molecule has 0 aliphatic rings. The molecule has 1 unspecified atom stereocenters. The number of carbonyl (C=O) groups excluding carboxylic acids is 5. The maximum absolute atomic E-state index is 14.3. The average Bonchev–Trinajstić information content (AvgIpc) is 3.48. The highest BCUT2D eigenvalue weighted by Crippen LogP contribution is 2.15. The van der Waals surface area contributed by atoms with Gasteiger partial charge in [0.1, 0.15) is 26.4 Å². The number of nitrogens with one attached hydrogen (secondary N) is 2. The number of allylic oxidation sites excluding steroid dienone is 2. The lowest BCUT2D eigenvalue weighted by Crippen LogP contribution is -2.45. The molecule has 0 aliphatic heterocycles. The van der Waals surface area contributed by atoms with E-state index in [1.165, 1.54) is 70.6 Å². The van der Waals surface area contributed by atoms with Crippen molar-refractivity contribution in [3.05, 3.63) is 24.3 Å². The van der Waals surface area contributed by atoms with Gasteiger partial charge in [0.2, 0.25) is 0 Å². The second-order valence-corrected chi connectivity index (χ2v) is 21.6. The zero-order valence-electron chi connectivity index (χ0n) is 55.7. The molecule has 0 saturated heterocycles. The number of amides is 1. The molecule has 0 aliphatic carbocycles. The normalized spacial score (nSPS) is 11.9. The van der Waals surface area contributed by atoms with Crippen LogP contribution in [0, 0.1) is 0 Å². The summed E-state index contributed by atoms with van der Waals surface area (Å²) in [6.07, 6.45) is 30.7. The Morgan fingerprint density at radius 2 is 0.844 bits per heavy atom. The van der Waals surface area contributed by atoms with Gasteiger partial charge >= 0.3 is 36.0 Å². The zero-order chi connectivity index (χ0) is 66.5. The fourth-order valence-electron chi connectivity index (χ4n) is 8.35. The van der Waals surface area contributed by atoms with Crippen LogP contribution in [0.3, 0.4) is 0 Å². The number of alkyl halides is 3. The molecule has 0 heterocycles. The van der Waals surface area contributed by atoms with Crippen LogP contribution >= 0.6 is 0 Å². The lowest BCUT2D eigenvalue weighted by molar-refractivity contribution is -0.192. The minimum Gasteiger partial charge on any atom is -0.475 e. The predicted molar refractivity (Wildman–Crippen MR) is 340 cm³/mol. The van der Waals surface area contributed by atoms with Crippen molar-refractivity contribution < 1.29 is 99.2 Å². The van der Waals surface area contributed by atoms with Gasteiger partial charge in [-0.05, 0) is 57.8 Å². The molecule has 0 radical (unpaired) electrons. The van der Waals surface area contributed by atoms with Crippen LogP contribution in [0.5, 0.6) is 0 Å². The van der Waals surface area contributed by atoms with Crippen LogP contribution in [0.4, 0.5) is 13.2 Å². The van der Waals surface area contributed by atoms with Crippen LogP contribution < -0.4 is 10.6 Å². The third-order valence-corrected chi connectivity index (χ3v) is 13.5. The van der Waals surface area contributed by atoms with Crippen LogP contribution in [0.2, 0.25) is 0 Å². The van der Waals surface area contributed by atoms with Gasteiger partial charge in [0.25, 0.3) is 5.91 Å². The molecule has 0 rings (SSSR count). The molecule has 24 heteroatoms. The van der Waals surface area contributed by atoms with Crippen molar-refractivity contribution in [1.82, 2.24) is 15.5 Å². The van der Waals surface area contributed by atoms with Gasteiger partial charge in [-0.2, -0.15) is 13.2 Å². The van der Waals surface area contributed by atoms with Crippen molar-refractivity contribution in [1.29, 1.82) is 0 Å². The number of carbonyl (C=O) groups is 6. The first kappa shape index (κ1) is 87.8. The quantitative estimate of drug-likeness (QED) is 0.0221. The first-order chi connectivity index (χ1) is 43.7. The molecule has 0 saturated carbocycles. The largest absolute Gasteiger partial charge is 0.490 e. The van der Waals surface area contributed by atoms with Gasteiger partial charge in [0, 0.05) is 59.3 Å². The van der Waals surface area contributed by atoms with Crippen LogP contribution in [-0.2, 0) is 80.9 Å². The number of unbranched alkanes of at least 4 members (excludes halogenated alkanes) is 21. The summed E-state index contributed by atoms with van der Waals surface area (Å²) in [5.41, 5.74) is 0. The van der Waals surface area contributed by atoms with E-state index >= 15 is 0 Å². The van der Waals surface area contributed by atoms with E-state index in [4.69, 9.17) is 62.0 Å². The van der Waals surface area contributed by atoms with Gasteiger partial charge in [-0.25, -0.2) is 4.79 Å². The zero-order valence-corrected chi connectivity index (χ0v) is 55.7. The Balaban J connectivity index is 0. The number of carboxylic acids is 1. The van der Waals surface area contributed by atoms with Crippen molar-refractivity contribution >= 4 is 35.8 Å². The van der Waals surface area contributed by atoms with Crippen LogP contribution in [0.1, 0.15) is 201 Å². The minimum atomic E-state index is -5.08. The summed E-state index contributed by atoms with van der Waals surface area (Å²) in [5, 5.41) is 12.9. The molecule has 0 aromatic rings. The van der Waals surface area contributed by atoms with Gasteiger partial charge in [-0.15, -0.1) is 0 Å². The van der Waals surface area contributed by atoms with Crippen LogP contribution in [0.25, 0.3) is 0 Å². The lowest BCUT2D eigenvalue weighted by Gasteiger charge is -2.28. The number of aliphatic carboxylic acids is 1. The maximum Gasteiger partial charge on any atom is 0.490 e. The number of esters is 4. The highest BCUT2D eigenvalue weighted by Gasteiger charge is 2.38. The molecule has 90 heavy (non-hydrogen) atoms. The number of ether oxygens (including phenoxy) is 11. The van der Waals surface area contributed by atoms with Crippen molar-refractivity contribution in [3.8, 4) is 0 Å². The summed E-state index contributed by atoms with van der Waals surface area (Å²) in [4.78, 5) is 73.0. The van der Waals surface area contributed by atoms with E-state index in [2.05, 4.69) is 43.6 Å². The molecule has 0 aromatic heterocycles. The van der Waals surface area contributed by atoms with E-state index in [-0.39, 0.29) is 63.3 Å². The number of rotatable bonds is 66. The van der Waals surface area contributed by atoms with E-state index in [0.717, 1.165) is 96.3 Å². The summed E-state index contributed by atoms with van der Waals surface area (Å²) in [6, 6.07) is 0. The van der Waals surface area contributed by atoms with Crippen molar-refractivity contribution in [2.45, 2.75) is 213 Å². The SMILES string of the molecule is CCCCCC/C=C\COC(=O)CCCCCCCOCC(OCCCCCCCC(=O)OC/C=C\CCCCCC)C(=O)N(CCCCCCCC)CCOCCOCCOCCOCCOC(=O)CNCCOC(=O)CNCCOC.O=C(O)C(F)(F)F. The third kappa shape index (κ3) is 66.6. The van der Waals surface area contributed by atoms with Crippen molar-refractivity contribution in [2.75, 3.05) is 152 Å². The topological polar surface area (TPSA) is 251 Å². The molecule has 0 spiro atoms. The van der Waals surface area contributed by atoms with E-state index in [1.54, 1.807) is 7.11 Å². The van der Waals surface area contributed by atoms with Crippen LogP contribution in [-0.4, -0.2) is 210 Å². The Labute approximate surface area is 537 Å². The number of methoxy groups -OCH3 is 1. The molecule has 21 nitrogen and oxygen atoms in total. The standard InChI is InChI=1S/C64H119N3O16.C2HF3O2/c1-5-8-11-14-17-25-33-43-80-60(68)35-28-21-19-24-31-41-78-58-59(79-42-32-27-20-22-29-36-61(69)81-44-34-26-18-15-12-9-6-2)64(72)67(39-30-23-16-13-10-7-3)40-47-74-48-49-75-50-51-76-52-53-77-54-55-83-63(71)57-66-38-46-82-62(70)56-65-37-45-73-4;3-2(4,5)1(6)7/h25-26,33-34,59,65-66H,5-24,27-32,35-58H2,1-4H3;(H,6,7)/b33-25-,34-26-;. The van der Waals surface area contributed by atoms with E-state index in [1.807, 2.05) is 17.1 Å². The summed E-state index contributed by atoms with van der Waals surface area (Å²) in [5.74, 6) is -3.94. The molecule has 528 valence electrons. The monoisotopic (exact) mass is 1300 g/mol. The van der Waals surface area contributed by atoms with Gasteiger partial charge < -0.3 is 72.7 Å². The third-order valence-electron chi connectivity index (χ3n) is 13.5. The Bertz CT molecular complexity index is 1730. The Kier molecular flexibility index (Phi) is 67.4. The molecule has 0 aromatic carbocycles.